The number of carbonyl (C=O) groups is 3. The number of nitrogens with one attached hydrogen (secondary N) is 1. The van der Waals surface area contributed by atoms with Crippen LogP contribution in [0.1, 0.15) is 34.8 Å². The first-order chi connectivity index (χ1) is 15.4. The van der Waals surface area contributed by atoms with Crippen molar-refractivity contribution < 1.29 is 14.4 Å². The maximum Gasteiger partial charge on any atom is 0.259 e. The minimum absolute atomic E-state index is 0.119. The molecule has 6 heteroatoms. The van der Waals surface area contributed by atoms with Gasteiger partial charge in [0.15, 0.2) is 0 Å². The smallest absolute Gasteiger partial charge is 0.259 e. The molecule has 0 saturated heterocycles. The van der Waals surface area contributed by atoms with Crippen LogP contribution in [-0.4, -0.2) is 42.3 Å². The van der Waals surface area contributed by atoms with Crippen molar-refractivity contribution in [2.75, 3.05) is 18.5 Å². The molecule has 164 valence electrons. The van der Waals surface area contributed by atoms with Crippen molar-refractivity contribution in [3.8, 4) is 0 Å². The number of aryl methyl sites for hydroxylation is 1. The number of hydrogen-bond donors (Lipinski definition) is 1. The predicted molar refractivity (Wildman–Crippen MR) is 125 cm³/mol. The van der Waals surface area contributed by atoms with Gasteiger partial charge in [-0.05, 0) is 36.4 Å². The second-order valence-corrected chi connectivity index (χ2v) is 8.12. The van der Waals surface area contributed by atoms with Gasteiger partial charge >= 0.3 is 0 Å². The Morgan fingerprint density at radius 1 is 1.06 bits per heavy atom. The number of hydrogen-bond acceptors (Lipinski definition) is 3. The molecule has 1 atom stereocenters. The van der Waals surface area contributed by atoms with E-state index in [9.17, 15) is 14.4 Å². The molecule has 3 aromatic rings. The van der Waals surface area contributed by atoms with Gasteiger partial charge in [0.05, 0.1) is 5.69 Å². The summed E-state index contributed by atoms with van der Waals surface area (Å²) in [5.41, 5.74) is 3.37. The standard InChI is InChI=1S/C26H27N3O3/c1-4-21(25(31)27-3)28(15-18-9-5-8-17(2)14-18)23(30)16-29-22-13-7-11-19-10-6-12-20(24(19)22)26(29)32/h5-14,21H,4,15-16H2,1-3H3,(H,27,31)/t21-/m0/s1. The Hall–Kier alpha value is -3.67. The SMILES string of the molecule is CC[C@@H](C(=O)NC)N(Cc1cccc(C)c1)C(=O)CN1C(=O)c2cccc3cccc1c23. The summed E-state index contributed by atoms with van der Waals surface area (Å²) < 4.78 is 0. The van der Waals surface area contributed by atoms with Crippen molar-refractivity contribution in [1.82, 2.24) is 10.2 Å². The molecule has 0 aromatic heterocycles. The van der Waals surface area contributed by atoms with Gasteiger partial charge in [-0.25, -0.2) is 0 Å². The maximum absolute atomic E-state index is 13.6. The molecule has 0 radical (unpaired) electrons. The molecule has 3 aromatic carbocycles. The van der Waals surface area contributed by atoms with Gasteiger partial charge < -0.3 is 10.2 Å². The number of rotatable bonds is 7. The van der Waals surface area contributed by atoms with Gasteiger partial charge in [-0.3, -0.25) is 19.3 Å². The Labute approximate surface area is 187 Å². The topological polar surface area (TPSA) is 69.7 Å². The van der Waals surface area contributed by atoms with Crippen LogP contribution in [0.4, 0.5) is 5.69 Å². The Balaban J connectivity index is 1.66. The fourth-order valence-corrected chi connectivity index (χ4v) is 4.46. The zero-order valence-electron chi connectivity index (χ0n) is 18.6. The van der Waals surface area contributed by atoms with E-state index in [0.717, 1.165) is 27.6 Å². The molecular formula is C26H27N3O3. The zero-order valence-corrected chi connectivity index (χ0v) is 18.6. The minimum Gasteiger partial charge on any atom is -0.357 e. The van der Waals surface area contributed by atoms with Crippen molar-refractivity contribution in [2.45, 2.75) is 32.9 Å². The first-order valence-electron chi connectivity index (χ1n) is 10.8. The monoisotopic (exact) mass is 429 g/mol. The van der Waals surface area contributed by atoms with Crippen LogP contribution in [0.25, 0.3) is 10.8 Å². The number of nitrogens with zero attached hydrogens (tertiary/aromatic N) is 2. The lowest BCUT2D eigenvalue weighted by Crippen LogP contribution is -2.51. The van der Waals surface area contributed by atoms with Crippen LogP contribution in [-0.2, 0) is 16.1 Å². The van der Waals surface area contributed by atoms with Crippen molar-refractivity contribution in [3.05, 3.63) is 77.4 Å². The van der Waals surface area contributed by atoms with E-state index in [2.05, 4.69) is 5.32 Å². The minimum atomic E-state index is -0.621. The average Bonchev–Trinajstić information content (AvgIpc) is 3.06. The van der Waals surface area contributed by atoms with Crippen LogP contribution >= 0.6 is 0 Å². The van der Waals surface area contributed by atoms with Crippen LogP contribution in [0.15, 0.2) is 60.7 Å². The van der Waals surface area contributed by atoms with Gasteiger partial charge in [-0.2, -0.15) is 0 Å². The number of likely N-dealkylation sites (N-methyl/N-ethyl adjacent to an activating group) is 1. The third kappa shape index (κ3) is 3.84. The molecule has 0 bridgehead atoms. The average molecular weight is 430 g/mol. The highest BCUT2D eigenvalue weighted by Crippen LogP contribution is 2.37. The summed E-state index contributed by atoms with van der Waals surface area (Å²) in [5.74, 6) is -0.666. The van der Waals surface area contributed by atoms with Crippen molar-refractivity contribution in [1.29, 1.82) is 0 Å². The normalized spacial score (nSPS) is 13.3. The van der Waals surface area contributed by atoms with Gasteiger partial charge in [0.2, 0.25) is 11.8 Å². The molecule has 4 rings (SSSR count). The van der Waals surface area contributed by atoms with Gasteiger partial charge in [-0.15, -0.1) is 0 Å². The number of carbonyl (C=O) groups excluding carboxylic acids is 3. The molecule has 1 N–H and O–H groups in total. The summed E-state index contributed by atoms with van der Waals surface area (Å²) in [5, 5.41) is 4.51. The van der Waals surface area contributed by atoms with E-state index in [0.29, 0.717) is 18.5 Å². The molecular weight excluding hydrogens is 402 g/mol. The first-order valence-corrected chi connectivity index (χ1v) is 10.8. The lowest BCUT2D eigenvalue weighted by Gasteiger charge is -2.32. The van der Waals surface area contributed by atoms with Crippen molar-refractivity contribution in [2.24, 2.45) is 0 Å². The maximum atomic E-state index is 13.6. The van der Waals surface area contributed by atoms with E-state index in [1.165, 1.54) is 4.90 Å². The summed E-state index contributed by atoms with van der Waals surface area (Å²) in [6.07, 6.45) is 0.473. The highest BCUT2D eigenvalue weighted by Gasteiger charge is 2.34. The molecule has 0 fully saturated rings. The quantitative estimate of drug-likeness (QED) is 0.623. The molecule has 1 heterocycles. The molecule has 0 spiro atoms. The highest BCUT2D eigenvalue weighted by atomic mass is 16.2. The molecule has 0 unspecified atom stereocenters. The van der Waals surface area contributed by atoms with Crippen LogP contribution in [0.3, 0.4) is 0 Å². The van der Waals surface area contributed by atoms with Gasteiger partial charge in [0, 0.05) is 24.5 Å². The largest absolute Gasteiger partial charge is 0.357 e. The Kier molecular flexibility index (Phi) is 5.95. The lowest BCUT2D eigenvalue weighted by molar-refractivity contribution is -0.140. The predicted octanol–water partition coefficient (Wildman–Crippen LogP) is 3.66. The Morgan fingerprint density at radius 2 is 1.78 bits per heavy atom. The Morgan fingerprint density at radius 3 is 2.47 bits per heavy atom. The molecule has 1 aliphatic rings. The number of anilines is 1. The van der Waals surface area contributed by atoms with Crippen LogP contribution in [0.5, 0.6) is 0 Å². The summed E-state index contributed by atoms with van der Waals surface area (Å²) >= 11 is 0. The van der Waals surface area contributed by atoms with E-state index in [-0.39, 0.29) is 24.3 Å². The summed E-state index contributed by atoms with van der Waals surface area (Å²) in [6, 6.07) is 18.6. The third-order valence-corrected chi connectivity index (χ3v) is 6.01. The fourth-order valence-electron chi connectivity index (χ4n) is 4.46. The molecule has 1 aliphatic heterocycles. The fraction of sp³-hybridized carbons (Fsp3) is 0.269. The van der Waals surface area contributed by atoms with Crippen LogP contribution in [0.2, 0.25) is 0 Å². The summed E-state index contributed by atoms with van der Waals surface area (Å²) in [7, 11) is 1.57. The van der Waals surface area contributed by atoms with E-state index in [1.54, 1.807) is 18.0 Å². The van der Waals surface area contributed by atoms with E-state index in [1.807, 2.05) is 68.4 Å². The van der Waals surface area contributed by atoms with Crippen LogP contribution < -0.4 is 10.2 Å². The van der Waals surface area contributed by atoms with Crippen molar-refractivity contribution in [3.63, 3.8) is 0 Å². The van der Waals surface area contributed by atoms with E-state index >= 15 is 0 Å². The summed E-state index contributed by atoms with van der Waals surface area (Å²) in [6.45, 7) is 4.05. The van der Waals surface area contributed by atoms with Gasteiger partial charge in [-0.1, -0.05) is 61.0 Å². The number of benzene rings is 3. The van der Waals surface area contributed by atoms with E-state index in [4.69, 9.17) is 0 Å². The van der Waals surface area contributed by atoms with Crippen molar-refractivity contribution >= 4 is 34.2 Å². The molecule has 3 amide bonds. The molecule has 6 nitrogen and oxygen atoms in total. The van der Waals surface area contributed by atoms with E-state index < -0.39 is 6.04 Å². The highest BCUT2D eigenvalue weighted by molar-refractivity contribution is 6.26. The second-order valence-electron chi connectivity index (χ2n) is 8.12. The molecule has 32 heavy (non-hydrogen) atoms. The Bertz CT molecular complexity index is 1200. The summed E-state index contributed by atoms with van der Waals surface area (Å²) in [4.78, 5) is 42.4. The first kappa shape index (κ1) is 21.6. The number of amides is 3. The second kappa shape index (κ2) is 8.83. The molecule has 0 saturated carbocycles. The van der Waals surface area contributed by atoms with Gasteiger partial charge in [0.1, 0.15) is 12.6 Å². The van der Waals surface area contributed by atoms with Gasteiger partial charge in [0.25, 0.3) is 5.91 Å². The third-order valence-electron chi connectivity index (χ3n) is 6.01. The lowest BCUT2D eigenvalue weighted by atomic mass is 10.1. The van der Waals surface area contributed by atoms with Crippen LogP contribution in [0, 0.1) is 6.92 Å². The molecule has 0 aliphatic carbocycles. The zero-order chi connectivity index (χ0) is 22.8.